The van der Waals surface area contributed by atoms with Gasteiger partial charge in [0.05, 0.1) is 0 Å². The minimum atomic E-state index is -1.02. The SMILES string of the molecule is CN(C)c1cccc(OC2(C(=O)O)CCCC2)c1. The molecule has 0 radical (unpaired) electrons. The summed E-state index contributed by atoms with van der Waals surface area (Å²) in [5, 5.41) is 9.37. The van der Waals surface area contributed by atoms with E-state index in [0.29, 0.717) is 18.6 Å². The first-order valence-electron chi connectivity index (χ1n) is 6.23. The Bertz CT molecular complexity index is 436. The van der Waals surface area contributed by atoms with Gasteiger partial charge in [-0.2, -0.15) is 0 Å². The molecule has 1 aromatic rings. The van der Waals surface area contributed by atoms with Crippen LogP contribution in [-0.4, -0.2) is 30.8 Å². The predicted molar refractivity (Wildman–Crippen MR) is 70.2 cm³/mol. The summed E-state index contributed by atoms with van der Waals surface area (Å²) in [5.41, 5.74) is -0.0173. The summed E-state index contributed by atoms with van der Waals surface area (Å²) in [7, 11) is 3.89. The van der Waals surface area contributed by atoms with Crippen molar-refractivity contribution < 1.29 is 14.6 Å². The van der Waals surface area contributed by atoms with E-state index in [9.17, 15) is 9.90 Å². The van der Waals surface area contributed by atoms with E-state index < -0.39 is 11.6 Å². The lowest BCUT2D eigenvalue weighted by Gasteiger charge is -2.26. The van der Waals surface area contributed by atoms with Gasteiger partial charge >= 0.3 is 5.97 Å². The fourth-order valence-electron chi connectivity index (χ4n) is 2.36. The molecule has 2 rings (SSSR count). The third-order valence-corrected chi connectivity index (χ3v) is 3.45. The van der Waals surface area contributed by atoms with Crippen molar-refractivity contribution in [1.82, 2.24) is 0 Å². The molecule has 0 aliphatic heterocycles. The van der Waals surface area contributed by atoms with Gasteiger partial charge in [-0.15, -0.1) is 0 Å². The molecule has 4 nitrogen and oxygen atoms in total. The Balaban J connectivity index is 2.22. The highest BCUT2D eigenvalue weighted by molar-refractivity contribution is 5.78. The van der Waals surface area contributed by atoms with E-state index >= 15 is 0 Å². The van der Waals surface area contributed by atoms with E-state index in [-0.39, 0.29) is 0 Å². The predicted octanol–water partition coefficient (Wildman–Crippen LogP) is 2.53. The van der Waals surface area contributed by atoms with Crippen molar-refractivity contribution in [2.75, 3.05) is 19.0 Å². The molecule has 1 saturated carbocycles. The Labute approximate surface area is 107 Å². The topological polar surface area (TPSA) is 49.8 Å². The van der Waals surface area contributed by atoms with Crippen molar-refractivity contribution in [3.8, 4) is 5.75 Å². The van der Waals surface area contributed by atoms with E-state index in [0.717, 1.165) is 18.5 Å². The van der Waals surface area contributed by atoms with Gasteiger partial charge in [-0.3, -0.25) is 0 Å². The lowest BCUT2D eigenvalue weighted by Crippen LogP contribution is -2.41. The Kier molecular flexibility index (Phi) is 3.45. The quantitative estimate of drug-likeness (QED) is 0.890. The van der Waals surface area contributed by atoms with Crippen LogP contribution in [0.2, 0.25) is 0 Å². The standard InChI is InChI=1S/C14H19NO3/c1-15(2)11-6-5-7-12(10-11)18-14(13(16)17)8-3-4-9-14/h5-7,10H,3-4,8-9H2,1-2H3,(H,16,17). The zero-order chi connectivity index (χ0) is 13.2. The molecule has 98 valence electrons. The van der Waals surface area contributed by atoms with Crippen LogP contribution in [0, 0.1) is 0 Å². The summed E-state index contributed by atoms with van der Waals surface area (Å²) in [5.74, 6) is -0.222. The van der Waals surface area contributed by atoms with Crippen molar-refractivity contribution in [3.63, 3.8) is 0 Å². The molecule has 0 saturated heterocycles. The summed E-state index contributed by atoms with van der Waals surface area (Å²) >= 11 is 0. The van der Waals surface area contributed by atoms with Crippen LogP contribution in [0.4, 0.5) is 5.69 Å². The average Bonchev–Trinajstić information content (AvgIpc) is 2.79. The molecule has 1 aliphatic carbocycles. The normalized spacial score (nSPS) is 17.4. The zero-order valence-corrected chi connectivity index (χ0v) is 10.8. The van der Waals surface area contributed by atoms with Gasteiger partial charge in [0.2, 0.25) is 5.60 Å². The molecule has 0 spiro atoms. The lowest BCUT2D eigenvalue weighted by atomic mass is 10.0. The molecule has 0 atom stereocenters. The first kappa shape index (κ1) is 12.7. The fourth-order valence-corrected chi connectivity index (χ4v) is 2.36. The Hall–Kier alpha value is -1.71. The van der Waals surface area contributed by atoms with Crippen LogP contribution in [0.5, 0.6) is 5.75 Å². The molecule has 1 aromatic carbocycles. The fraction of sp³-hybridized carbons (Fsp3) is 0.500. The van der Waals surface area contributed by atoms with Crippen molar-refractivity contribution >= 4 is 11.7 Å². The molecule has 0 amide bonds. The van der Waals surface area contributed by atoms with Gasteiger partial charge in [0.15, 0.2) is 0 Å². The molecule has 4 heteroatoms. The zero-order valence-electron chi connectivity index (χ0n) is 10.8. The molecule has 0 unspecified atom stereocenters. The van der Waals surface area contributed by atoms with Crippen molar-refractivity contribution in [3.05, 3.63) is 24.3 Å². The summed E-state index contributed by atoms with van der Waals surface area (Å²) in [6, 6.07) is 7.54. The van der Waals surface area contributed by atoms with Crippen LogP contribution >= 0.6 is 0 Å². The minimum absolute atomic E-state index is 0.592. The number of carboxylic acid groups (broad SMARTS) is 1. The largest absolute Gasteiger partial charge is 0.478 e. The van der Waals surface area contributed by atoms with Crippen molar-refractivity contribution in [1.29, 1.82) is 0 Å². The highest BCUT2D eigenvalue weighted by atomic mass is 16.5. The van der Waals surface area contributed by atoms with Crippen molar-refractivity contribution in [2.45, 2.75) is 31.3 Å². The number of nitrogens with zero attached hydrogens (tertiary/aromatic N) is 1. The number of rotatable bonds is 4. The van der Waals surface area contributed by atoms with Gasteiger partial charge in [0.1, 0.15) is 5.75 Å². The number of carbonyl (C=O) groups is 1. The summed E-state index contributed by atoms with van der Waals surface area (Å²) < 4.78 is 5.79. The maximum Gasteiger partial charge on any atom is 0.348 e. The molecule has 1 aliphatic rings. The van der Waals surface area contributed by atoms with Crippen LogP contribution in [0.25, 0.3) is 0 Å². The summed E-state index contributed by atoms with van der Waals surface area (Å²) in [6.45, 7) is 0. The number of anilines is 1. The molecule has 1 N–H and O–H groups in total. The summed E-state index contributed by atoms with van der Waals surface area (Å²) in [6.07, 6.45) is 3.02. The second-order valence-corrected chi connectivity index (χ2v) is 5.00. The van der Waals surface area contributed by atoms with E-state index in [1.165, 1.54) is 0 Å². The number of ether oxygens (including phenoxy) is 1. The van der Waals surface area contributed by atoms with Gasteiger partial charge in [-0.05, 0) is 37.8 Å². The first-order valence-corrected chi connectivity index (χ1v) is 6.23. The molecule has 1 fully saturated rings. The Morgan fingerprint density at radius 1 is 1.33 bits per heavy atom. The van der Waals surface area contributed by atoms with Gasteiger partial charge in [-0.25, -0.2) is 4.79 Å². The Morgan fingerprint density at radius 3 is 2.56 bits per heavy atom. The minimum Gasteiger partial charge on any atom is -0.478 e. The number of hydrogen-bond donors (Lipinski definition) is 1. The third kappa shape index (κ3) is 2.42. The van der Waals surface area contributed by atoms with Crippen LogP contribution in [0.1, 0.15) is 25.7 Å². The Morgan fingerprint density at radius 2 is 2.00 bits per heavy atom. The molecular formula is C14H19NO3. The molecule has 18 heavy (non-hydrogen) atoms. The van der Waals surface area contributed by atoms with Gasteiger partial charge in [-0.1, -0.05) is 6.07 Å². The maximum absolute atomic E-state index is 11.4. The first-order chi connectivity index (χ1) is 8.53. The van der Waals surface area contributed by atoms with E-state index in [1.807, 2.05) is 43.3 Å². The van der Waals surface area contributed by atoms with Gasteiger partial charge in [0.25, 0.3) is 0 Å². The van der Waals surface area contributed by atoms with Crippen LogP contribution in [0.15, 0.2) is 24.3 Å². The number of hydrogen-bond acceptors (Lipinski definition) is 3. The third-order valence-electron chi connectivity index (χ3n) is 3.45. The van der Waals surface area contributed by atoms with E-state index in [1.54, 1.807) is 0 Å². The number of carboxylic acids is 1. The molecule has 0 aromatic heterocycles. The van der Waals surface area contributed by atoms with Crippen LogP contribution in [0.3, 0.4) is 0 Å². The average molecular weight is 249 g/mol. The van der Waals surface area contributed by atoms with Crippen molar-refractivity contribution in [2.24, 2.45) is 0 Å². The molecular weight excluding hydrogens is 230 g/mol. The van der Waals surface area contributed by atoms with E-state index in [4.69, 9.17) is 4.74 Å². The summed E-state index contributed by atoms with van der Waals surface area (Å²) in [4.78, 5) is 13.4. The van der Waals surface area contributed by atoms with E-state index in [2.05, 4.69) is 0 Å². The highest BCUT2D eigenvalue weighted by Crippen LogP contribution is 2.35. The van der Waals surface area contributed by atoms with Crippen LogP contribution < -0.4 is 9.64 Å². The number of benzene rings is 1. The highest BCUT2D eigenvalue weighted by Gasteiger charge is 2.43. The van der Waals surface area contributed by atoms with Gasteiger partial charge in [0, 0.05) is 25.8 Å². The number of aliphatic carboxylic acids is 1. The maximum atomic E-state index is 11.4. The monoisotopic (exact) mass is 249 g/mol. The second kappa shape index (κ2) is 4.88. The smallest absolute Gasteiger partial charge is 0.348 e. The van der Waals surface area contributed by atoms with Gasteiger partial charge < -0.3 is 14.7 Å². The molecule has 0 bridgehead atoms. The lowest BCUT2D eigenvalue weighted by molar-refractivity contribution is -0.154. The van der Waals surface area contributed by atoms with Crippen LogP contribution in [-0.2, 0) is 4.79 Å². The molecule has 0 heterocycles. The second-order valence-electron chi connectivity index (χ2n) is 5.00.